The topological polar surface area (TPSA) is 149 Å². The second-order valence-electron chi connectivity index (χ2n) is 7.34. The standard InChI is InChI=1S/C24H12O8.ClH/c25-21(26)13-8-7-11-10-5-1-3-9-4-2-6-12(14(9)10)16-15(11)17(13)19(23(29)30)20(24(31)32)18(16)22(27)28;/h1-8H,(H,25,26)(H,27,28)(H,29,30)(H,31,32);1H. The third-order valence-electron chi connectivity index (χ3n) is 5.79. The Morgan fingerprint density at radius 3 is 1.55 bits per heavy atom. The lowest BCUT2D eigenvalue weighted by Gasteiger charge is -2.20. The van der Waals surface area contributed by atoms with Crippen LogP contribution in [0.15, 0.2) is 48.5 Å². The minimum absolute atomic E-state index is 0. The van der Waals surface area contributed by atoms with Gasteiger partial charge in [0.15, 0.2) is 0 Å². The van der Waals surface area contributed by atoms with Gasteiger partial charge in [-0.3, -0.25) is 0 Å². The molecule has 33 heavy (non-hydrogen) atoms. The number of carboxylic acids is 4. The maximum absolute atomic E-state index is 12.3. The summed E-state index contributed by atoms with van der Waals surface area (Å²) >= 11 is 0. The summed E-state index contributed by atoms with van der Waals surface area (Å²) in [5.41, 5.74) is -2.93. The Hall–Kier alpha value is -4.43. The number of hydrogen-bond acceptors (Lipinski definition) is 4. The molecule has 0 aliphatic rings. The van der Waals surface area contributed by atoms with Crippen LogP contribution in [0, 0.1) is 0 Å². The highest BCUT2D eigenvalue weighted by Gasteiger charge is 2.33. The minimum atomic E-state index is -1.77. The number of rotatable bonds is 4. The summed E-state index contributed by atoms with van der Waals surface area (Å²) in [6.45, 7) is 0. The van der Waals surface area contributed by atoms with Crippen molar-refractivity contribution < 1.29 is 39.6 Å². The molecule has 0 aromatic heterocycles. The zero-order valence-corrected chi connectivity index (χ0v) is 17.3. The first-order chi connectivity index (χ1) is 15.2. The average Bonchev–Trinajstić information content (AvgIpc) is 2.75. The SMILES string of the molecule is Cl.O=C(O)c1c(C(=O)O)c2c(C(=O)O)ccc3c4cccc5cccc(c(c1C(=O)O)c23)c54. The van der Waals surface area contributed by atoms with Crippen molar-refractivity contribution in [3.63, 3.8) is 0 Å². The molecule has 0 saturated heterocycles. The molecule has 0 amide bonds. The highest BCUT2D eigenvalue weighted by atomic mass is 35.5. The van der Waals surface area contributed by atoms with Crippen LogP contribution in [-0.2, 0) is 0 Å². The molecule has 9 heteroatoms. The van der Waals surface area contributed by atoms with E-state index >= 15 is 0 Å². The van der Waals surface area contributed by atoms with Gasteiger partial charge in [0.05, 0.1) is 22.3 Å². The van der Waals surface area contributed by atoms with E-state index in [0.29, 0.717) is 21.5 Å². The number of benzene rings is 5. The smallest absolute Gasteiger partial charge is 0.337 e. The predicted octanol–water partition coefficient (Wildman–Crippen LogP) is 4.95. The highest BCUT2D eigenvalue weighted by molar-refractivity contribution is 6.40. The lowest BCUT2D eigenvalue weighted by molar-refractivity contribution is 0.0635. The fraction of sp³-hybridized carbons (Fsp3) is 0. The summed E-state index contributed by atoms with van der Waals surface area (Å²) in [5, 5.41) is 42.3. The van der Waals surface area contributed by atoms with Crippen LogP contribution in [0.25, 0.3) is 43.1 Å². The highest BCUT2D eigenvalue weighted by Crippen LogP contribution is 2.45. The Morgan fingerprint density at radius 2 is 1.00 bits per heavy atom. The second kappa shape index (κ2) is 7.32. The molecule has 164 valence electrons. The molecule has 0 fully saturated rings. The molecule has 0 radical (unpaired) electrons. The fourth-order valence-corrected chi connectivity index (χ4v) is 4.71. The van der Waals surface area contributed by atoms with Crippen LogP contribution in [0.3, 0.4) is 0 Å². The lowest BCUT2D eigenvalue weighted by atomic mass is 9.81. The monoisotopic (exact) mass is 464 g/mol. The number of fused-ring (bicyclic) bond motifs is 2. The first-order valence-electron chi connectivity index (χ1n) is 9.36. The fourth-order valence-electron chi connectivity index (χ4n) is 4.71. The van der Waals surface area contributed by atoms with Crippen LogP contribution in [0.1, 0.15) is 41.4 Å². The van der Waals surface area contributed by atoms with Gasteiger partial charge in [0.25, 0.3) is 0 Å². The zero-order chi connectivity index (χ0) is 22.9. The molecule has 8 nitrogen and oxygen atoms in total. The van der Waals surface area contributed by atoms with E-state index in [1.54, 1.807) is 24.3 Å². The summed E-state index contributed by atoms with van der Waals surface area (Å²) in [6.07, 6.45) is 0. The molecular formula is C24H13ClO8. The van der Waals surface area contributed by atoms with E-state index in [1.807, 2.05) is 12.1 Å². The van der Waals surface area contributed by atoms with Crippen LogP contribution in [0.5, 0.6) is 0 Å². The van der Waals surface area contributed by atoms with Crippen molar-refractivity contribution in [3.05, 3.63) is 70.8 Å². The lowest BCUT2D eigenvalue weighted by Crippen LogP contribution is -2.18. The first-order valence-corrected chi connectivity index (χ1v) is 9.36. The molecular weight excluding hydrogens is 452 g/mol. The van der Waals surface area contributed by atoms with E-state index < -0.39 is 46.1 Å². The third-order valence-corrected chi connectivity index (χ3v) is 5.79. The van der Waals surface area contributed by atoms with Gasteiger partial charge >= 0.3 is 23.9 Å². The molecule has 0 aliphatic heterocycles. The average molecular weight is 465 g/mol. The molecule has 0 heterocycles. The van der Waals surface area contributed by atoms with Crippen LogP contribution >= 0.6 is 12.4 Å². The minimum Gasteiger partial charge on any atom is -0.478 e. The van der Waals surface area contributed by atoms with Gasteiger partial charge in [-0.2, -0.15) is 0 Å². The third kappa shape index (κ3) is 2.78. The van der Waals surface area contributed by atoms with E-state index in [9.17, 15) is 39.6 Å². The molecule has 0 bridgehead atoms. The molecule has 0 saturated carbocycles. The maximum Gasteiger partial charge on any atom is 0.337 e. The largest absolute Gasteiger partial charge is 0.478 e. The van der Waals surface area contributed by atoms with Gasteiger partial charge in [0.1, 0.15) is 0 Å². The summed E-state index contributed by atoms with van der Waals surface area (Å²) < 4.78 is 0. The van der Waals surface area contributed by atoms with Gasteiger partial charge in [0.2, 0.25) is 0 Å². The molecule has 0 aliphatic carbocycles. The van der Waals surface area contributed by atoms with Crippen LogP contribution in [0.4, 0.5) is 0 Å². The van der Waals surface area contributed by atoms with E-state index in [1.165, 1.54) is 12.1 Å². The summed E-state index contributed by atoms with van der Waals surface area (Å²) in [4.78, 5) is 48.7. The Labute approximate surface area is 190 Å². The second-order valence-corrected chi connectivity index (χ2v) is 7.34. The van der Waals surface area contributed by atoms with Gasteiger partial charge in [-0.05, 0) is 33.0 Å². The van der Waals surface area contributed by atoms with Crippen LogP contribution in [-0.4, -0.2) is 44.3 Å². The van der Waals surface area contributed by atoms with Gasteiger partial charge in [0, 0.05) is 16.2 Å². The van der Waals surface area contributed by atoms with E-state index in [4.69, 9.17) is 0 Å². The summed E-state index contributed by atoms with van der Waals surface area (Å²) in [5.74, 6) is -6.58. The number of carboxylic acid groups (broad SMARTS) is 4. The zero-order valence-electron chi connectivity index (χ0n) is 16.4. The van der Waals surface area contributed by atoms with Gasteiger partial charge in [-0.15, -0.1) is 12.4 Å². The van der Waals surface area contributed by atoms with Crippen molar-refractivity contribution in [2.75, 3.05) is 0 Å². The van der Waals surface area contributed by atoms with Crippen molar-refractivity contribution in [2.24, 2.45) is 0 Å². The van der Waals surface area contributed by atoms with Crippen LogP contribution in [0.2, 0.25) is 0 Å². The molecule has 4 N–H and O–H groups in total. The number of aromatic carboxylic acids is 4. The predicted molar refractivity (Wildman–Crippen MR) is 123 cm³/mol. The van der Waals surface area contributed by atoms with Crippen molar-refractivity contribution in [2.45, 2.75) is 0 Å². The van der Waals surface area contributed by atoms with Gasteiger partial charge in [-0.25, -0.2) is 19.2 Å². The van der Waals surface area contributed by atoms with Gasteiger partial charge < -0.3 is 20.4 Å². The summed E-state index contributed by atoms with van der Waals surface area (Å²) in [6, 6.07) is 13.2. The van der Waals surface area contributed by atoms with Crippen molar-refractivity contribution in [3.8, 4) is 0 Å². The Balaban J connectivity index is 0.00000259. The molecule has 0 spiro atoms. The summed E-state index contributed by atoms with van der Waals surface area (Å²) in [7, 11) is 0. The normalized spacial score (nSPS) is 11.2. The number of hydrogen-bond donors (Lipinski definition) is 4. The molecule has 0 unspecified atom stereocenters. The van der Waals surface area contributed by atoms with Crippen molar-refractivity contribution in [1.82, 2.24) is 0 Å². The molecule has 0 atom stereocenters. The van der Waals surface area contributed by atoms with E-state index in [0.717, 1.165) is 5.39 Å². The molecule has 5 aromatic rings. The molecule has 5 rings (SSSR count). The van der Waals surface area contributed by atoms with E-state index in [-0.39, 0.29) is 28.6 Å². The van der Waals surface area contributed by atoms with E-state index in [2.05, 4.69) is 0 Å². The van der Waals surface area contributed by atoms with Crippen molar-refractivity contribution >= 4 is 79.4 Å². The van der Waals surface area contributed by atoms with Crippen molar-refractivity contribution in [1.29, 1.82) is 0 Å². The number of halogens is 1. The van der Waals surface area contributed by atoms with Crippen LogP contribution < -0.4 is 0 Å². The Bertz CT molecular complexity index is 1680. The quantitative estimate of drug-likeness (QED) is 0.215. The Morgan fingerprint density at radius 1 is 0.485 bits per heavy atom. The number of carbonyl (C=O) groups is 4. The maximum atomic E-state index is 12.3. The Kier molecular flexibility index (Phi) is 4.83. The first kappa shape index (κ1) is 21.8. The molecule has 5 aromatic carbocycles. The van der Waals surface area contributed by atoms with Gasteiger partial charge in [-0.1, -0.05) is 42.5 Å².